The van der Waals surface area contributed by atoms with Gasteiger partial charge >= 0.3 is 0 Å². The van der Waals surface area contributed by atoms with E-state index in [4.69, 9.17) is 4.43 Å². The molecule has 2 nitrogen and oxygen atoms in total. The summed E-state index contributed by atoms with van der Waals surface area (Å²) in [6.07, 6.45) is 0. The van der Waals surface area contributed by atoms with E-state index in [0.717, 1.165) is 0 Å². The first-order valence-electron chi connectivity index (χ1n) is 6.09. The van der Waals surface area contributed by atoms with Crippen molar-refractivity contribution in [2.45, 2.75) is 52.1 Å². The summed E-state index contributed by atoms with van der Waals surface area (Å²) in [4.78, 5) is 0. The highest BCUT2D eigenvalue weighted by Gasteiger charge is 2.31. The van der Waals surface area contributed by atoms with Crippen molar-refractivity contribution >= 4 is 16.6 Å². The maximum Gasteiger partial charge on any atom is 0.185 e. The fraction of sp³-hybridized carbons (Fsp3) is 1.00. The van der Waals surface area contributed by atoms with Crippen LogP contribution in [0.3, 0.4) is 0 Å². The minimum atomic E-state index is -1.35. The Bertz CT molecular complexity index is 179. The monoisotopic (exact) mass is 247 g/mol. The van der Waals surface area contributed by atoms with Crippen LogP contribution < -0.4 is 0 Å². The summed E-state index contributed by atoms with van der Waals surface area (Å²) in [5, 5.41) is 0. The largest absolute Gasteiger partial charge is 0.420 e. The van der Waals surface area contributed by atoms with Crippen LogP contribution >= 0.6 is 0 Å². The lowest BCUT2D eigenvalue weighted by atomic mass is 10.7. The molecule has 0 aliphatic heterocycles. The van der Waals surface area contributed by atoms with Gasteiger partial charge in [0.15, 0.2) is 8.32 Å². The standard InChI is InChI=1S/C11H29NOSi2/c1-8-12(9-2)14(4,5)10-11-15(6,7)13-3/h8-11H2,1-7H3. The average molecular weight is 248 g/mol. The molecule has 0 aliphatic carbocycles. The van der Waals surface area contributed by atoms with E-state index in [1.54, 1.807) is 0 Å². The Labute approximate surface area is 98.2 Å². The molecule has 0 atom stereocenters. The third-order valence-corrected chi connectivity index (χ3v) is 10.4. The first kappa shape index (κ1) is 15.4. The molecule has 0 aromatic heterocycles. The molecule has 0 heterocycles. The highest BCUT2D eigenvalue weighted by atomic mass is 28.4. The summed E-state index contributed by atoms with van der Waals surface area (Å²) in [5.41, 5.74) is 0. The van der Waals surface area contributed by atoms with Crippen molar-refractivity contribution in [1.82, 2.24) is 4.57 Å². The molecule has 0 aromatic rings. The van der Waals surface area contributed by atoms with Gasteiger partial charge in [-0.2, -0.15) is 0 Å². The predicted molar refractivity (Wildman–Crippen MR) is 74.5 cm³/mol. The van der Waals surface area contributed by atoms with Crippen molar-refractivity contribution in [1.29, 1.82) is 0 Å². The molecule has 15 heavy (non-hydrogen) atoms. The van der Waals surface area contributed by atoms with Crippen LogP contribution in [0.25, 0.3) is 0 Å². The molecule has 0 aliphatic rings. The maximum absolute atomic E-state index is 5.62. The molecule has 0 N–H and O–H groups in total. The van der Waals surface area contributed by atoms with Crippen molar-refractivity contribution < 1.29 is 4.43 Å². The van der Waals surface area contributed by atoms with Gasteiger partial charge in [-0.1, -0.05) is 26.9 Å². The highest BCUT2D eigenvalue weighted by molar-refractivity contribution is 6.78. The summed E-state index contributed by atoms with van der Waals surface area (Å²) in [7, 11) is -0.648. The molecule has 0 bridgehead atoms. The summed E-state index contributed by atoms with van der Waals surface area (Å²) >= 11 is 0. The fourth-order valence-corrected chi connectivity index (χ4v) is 9.03. The minimum absolute atomic E-state index is 1.17. The molecule has 0 aromatic carbocycles. The second-order valence-electron chi connectivity index (χ2n) is 5.45. The molecule has 0 saturated carbocycles. The lowest BCUT2D eigenvalue weighted by Gasteiger charge is -2.37. The van der Waals surface area contributed by atoms with Gasteiger partial charge in [0.05, 0.1) is 0 Å². The molecule has 0 rings (SSSR count). The molecule has 0 saturated heterocycles. The quantitative estimate of drug-likeness (QED) is 0.640. The molecule has 0 unspecified atom stereocenters. The second-order valence-corrected chi connectivity index (χ2v) is 14.6. The van der Waals surface area contributed by atoms with E-state index in [1.807, 2.05) is 7.11 Å². The van der Waals surface area contributed by atoms with E-state index in [9.17, 15) is 0 Å². The lowest BCUT2D eigenvalue weighted by Crippen LogP contribution is -2.49. The van der Waals surface area contributed by atoms with Gasteiger partial charge in [0, 0.05) is 7.11 Å². The van der Waals surface area contributed by atoms with Crippen LogP contribution in [0.15, 0.2) is 0 Å². The van der Waals surface area contributed by atoms with Gasteiger partial charge in [0.1, 0.15) is 8.24 Å². The molecular weight excluding hydrogens is 218 g/mol. The van der Waals surface area contributed by atoms with E-state index >= 15 is 0 Å². The Morgan fingerprint density at radius 3 is 1.73 bits per heavy atom. The minimum Gasteiger partial charge on any atom is -0.420 e. The van der Waals surface area contributed by atoms with E-state index < -0.39 is 16.6 Å². The van der Waals surface area contributed by atoms with Crippen LogP contribution in [0.1, 0.15) is 13.8 Å². The van der Waals surface area contributed by atoms with Crippen molar-refractivity contribution in [3.63, 3.8) is 0 Å². The van der Waals surface area contributed by atoms with Crippen molar-refractivity contribution in [3.05, 3.63) is 0 Å². The zero-order chi connectivity index (χ0) is 12.1. The first-order chi connectivity index (χ1) is 6.79. The van der Waals surface area contributed by atoms with Crippen molar-refractivity contribution in [2.24, 2.45) is 0 Å². The van der Waals surface area contributed by atoms with Crippen LogP contribution in [-0.4, -0.2) is 41.3 Å². The fourth-order valence-electron chi connectivity index (χ4n) is 1.95. The molecule has 0 spiro atoms. The zero-order valence-corrected chi connectivity index (χ0v) is 13.7. The maximum atomic E-state index is 5.62. The van der Waals surface area contributed by atoms with Crippen molar-refractivity contribution in [2.75, 3.05) is 20.2 Å². The van der Waals surface area contributed by atoms with Gasteiger partial charge in [-0.05, 0) is 38.3 Å². The van der Waals surface area contributed by atoms with Gasteiger partial charge in [-0.15, -0.1) is 0 Å². The number of rotatable bonds is 7. The van der Waals surface area contributed by atoms with E-state index in [0.29, 0.717) is 0 Å². The summed E-state index contributed by atoms with van der Waals surface area (Å²) in [6, 6.07) is 2.68. The Kier molecular flexibility index (Phi) is 6.32. The zero-order valence-electron chi connectivity index (χ0n) is 11.7. The third-order valence-electron chi connectivity index (χ3n) is 3.51. The third kappa shape index (κ3) is 5.29. The molecule has 0 fully saturated rings. The Balaban J connectivity index is 4.25. The van der Waals surface area contributed by atoms with Gasteiger partial charge in [-0.3, -0.25) is 0 Å². The smallest absolute Gasteiger partial charge is 0.185 e. The van der Waals surface area contributed by atoms with Crippen molar-refractivity contribution in [3.8, 4) is 0 Å². The van der Waals surface area contributed by atoms with Gasteiger partial charge < -0.3 is 8.99 Å². The number of hydrogen-bond donors (Lipinski definition) is 0. The van der Waals surface area contributed by atoms with Crippen LogP contribution in [0, 0.1) is 0 Å². The molecule has 4 heteroatoms. The second kappa shape index (κ2) is 6.18. The Morgan fingerprint density at radius 1 is 0.933 bits per heavy atom. The van der Waals surface area contributed by atoms with Crippen LogP contribution in [0.5, 0.6) is 0 Å². The van der Waals surface area contributed by atoms with Crippen LogP contribution in [0.2, 0.25) is 38.3 Å². The van der Waals surface area contributed by atoms with Gasteiger partial charge in [0.25, 0.3) is 0 Å². The first-order valence-corrected chi connectivity index (χ1v) is 12.4. The molecule has 92 valence electrons. The normalized spacial score (nSPS) is 13.6. The SMILES string of the molecule is CCN(CC)[Si](C)(C)CC[Si](C)(C)OC. The summed E-state index contributed by atoms with van der Waals surface area (Å²) in [6.45, 7) is 16.6. The van der Waals surface area contributed by atoms with E-state index in [2.05, 4.69) is 44.6 Å². The average Bonchev–Trinajstić information content (AvgIpc) is 2.17. The van der Waals surface area contributed by atoms with Gasteiger partial charge in [0.2, 0.25) is 0 Å². The molecular formula is C11H29NOSi2. The predicted octanol–water partition coefficient (Wildman–Crippen LogP) is 3.38. The lowest BCUT2D eigenvalue weighted by molar-refractivity contribution is 0.403. The number of nitrogens with zero attached hydrogens (tertiary/aromatic N) is 1. The van der Waals surface area contributed by atoms with Crippen LogP contribution in [-0.2, 0) is 4.43 Å². The van der Waals surface area contributed by atoms with Crippen LogP contribution in [0.4, 0.5) is 0 Å². The number of hydrogen-bond acceptors (Lipinski definition) is 2. The molecule has 0 amide bonds. The highest BCUT2D eigenvalue weighted by Crippen LogP contribution is 2.23. The molecule has 0 radical (unpaired) electrons. The summed E-state index contributed by atoms with van der Waals surface area (Å²) < 4.78 is 8.30. The summed E-state index contributed by atoms with van der Waals surface area (Å²) in [5.74, 6) is 0. The Morgan fingerprint density at radius 2 is 1.40 bits per heavy atom. The topological polar surface area (TPSA) is 12.5 Å². The van der Waals surface area contributed by atoms with Gasteiger partial charge in [-0.25, -0.2) is 0 Å². The van der Waals surface area contributed by atoms with E-state index in [1.165, 1.54) is 25.2 Å². The Hall–Kier alpha value is 0.354. The van der Waals surface area contributed by atoms with E-state index in [-0.39, 0.29) is 0 Å².